The van der Waals surface area contributed by atoms with E-state index in [2.05, 4.69) is 10.5 Å². The second-order valence-electron chi connectivity index (χ2n) is 6.47. The molecule has 0 radical (unpaired) electrons. The van der Waals surface area contributed by atoms with Crippen LogP contribution in [0.3, 0.4) is 0 Å². The van der Waals surface area contributed by atoms with Gasteiger partial charge >= 0.3 is 0 Å². The molecular weight excluding hydrogens is 214 g/mol. The van der Waals surface area contributed by atoms with Gasteiger partial charge in [0.2, 0.25) is 0 Å². The number of hydrogen-bond acceptors (Lipinski definition) is 3. The molecule has 0 unspecified atom stereocenters. The normalized spacial score (nSPS) is 44.2. The number of nitrogens with zero attached hydrogens (tertiary/aromatic N) is 1. The highest BCUT2D eigenvalue weighted by molar-refractivity contribution is 5.79. The van der Waals surface area contributed by atoms with Gasteiger partial charge in [-0.3, -0.25) is 0 Å². The van der Waals surface area contributed by atoms with Crippen LogP contribution in [0.15, 0.2) is 5.16 Å². The van der Waals surface area contributed by atoms with E-state index < -0.39 is 0 Å². The van der Waals surface area contributed by atoms with Gasteiger partial charge in [0.05, 0.1) is 0 Å². The van der Waals surface area contributed by atoms with Crippen LogP contribution in [0.4, 0.5) is 0 Å². The van der Waals surface area contributed by atoms with Crippen molar-refractivity contribution in [3.8, 4) is 0 Å². The summed E-state index contributed by atoms with van der Waals surface area (Å²) >= 11 is 0. The van der Waals surface area contributed by atoms with Crippen molar-refractivity contribution in [3.05, 3.63) is 0 Å². The highest BCUT2D eigenvalue weighted by atomic mass is 16.4. The van der Waals surface area contributed by atoms with Gasteiger partial charge in [-0.15, -0.1) is 0 Å². The lowest BCUT2D eigenvalue weighted by atomic mass is 9.53. The van der Waals surface area contributed by atoms with Crippen molar-refractivity contribution in [1.82, 2.24) is 5.32 Å². The van der Waals surface area contributed by atoms with Crippen LogP contribution in [0, 0.1) is 17.8 Å². The highest BCUT2D eigenvalue weighted by Crippen LogP contribution is 2.55. The van der Waals surface area contributed by atoms with Gasteiger partial charge in [0, 0.05) is 18.5 Å². The zero-order valence-corrected chi connectivity index (χ0v) is 10.4. The summed E-state index contributed by atoms with van der Waals surface area (Å²) in [5, 5.41) is 15.3. The first-order chi connectivity index (χ1) is 8.19. The maximum Gasteiger partial charge on any atom is 0.140 e. The van der Waals surface area contributed by atoms with Crippen molar-refractivity contribution < 1.29 is 5.21 Å². The molecule has 4 aliphatic rings. The van der Waals surface area contributed by atoms with E-state index >= 15 is 0 Å². The molecule has 0 spiro atoms. The molecule has 0 saturated heterocycles. The van der Waals surface area contributed by atoms with Crippen LogP contribution >= 0.6 is 0 Å². The van der Waals surface area contributed by atoms with Gasteiger partial charge < -0.3 is 16.3 Å². The van der Waals surface area contributed by atoms with E-state index in [-0.39, 0.29) is 0 Å². The van der Waals surface area contributed by atoms with Gasteiger partial charge in [-0.2, -0.15) is 0 Å². The molecule has 4 saturated carbocycles. The van der Waals surface area contributed by atoms with Gasteiger partial charge in [-0.05, 0) is 56.3 Å². The van der Waals surface area contributed by atoms with Crippen LogP contribution in [-0.2, 0) is 0 Å². The number of amidine groups is 1. The summed E-state index contributed by atoms with van der Waals surface area (Å²) < 4.78 is 0. The van der Waals surface area contributed by atoms with E-state index in [1.807, 2.05) is 0 Å². The maximum atomic E-state index is 8.53. The minimum atomic E-state index is 0.335. The number of nitrogens with two attached hydrogens (primary N) is 1. The monoisotopic (exact) mass is 237 g/mol. The Morgan fingerprint density at radius 1 is 1.18 bits per heavy atom. The van der Waals surface area contributed by atoms with Crippen LogP contribution < -0.4 is 11.1 Å². The molecule has 0 aromatic heterocycles. The predicted molar refractivity (Wildman–Crippen MR) is 66.9 cm³/mol. The van der Waals surface area contributed by atoms with Crippen LogP contribution in [0.5, 0.6) is 0 Å². The average Bonchev–Trinajstić information content (AvgIpc) is 2.26. The first-order valence-electron chi connectivity index (χ1n) is 6.90. The Morgan fingerprint density at radius 3 is 2.18 bits per heavy atom. The van der Waals surface area contributed by atoms with E-state index in [1.54, 1.807) is 0 Å². The molecule has 96 valence electrons. The molecule has 4 nitrogen and oxygen atoms in total. The topological polar surface area (TPSA) is 70.6 Å². The fraction of sp³-hybridized carbons (Fsp3) is 0.923. The summed E-state index contributed by atoms with van der Waals surface area (Å²) in [4.78, 5) is 0. The predicted octanol–water partition coefficient (Wildman–Crippen LogP) is 1.68. The number of nitrogens with one attached hydrogen (secondary N) is 1. The van der Waals surface area contributed by atoms with Crippen molar-refractivity contribution in [2.24, 2.45) is 28.6 Å². The molecular formula is C13H23N3O. The number of rotatable bonds is 4. The van der Waals surface area contributed by atoms with Crippen LogP contribution in [0.25, 0.3) is 0 Å². The third kappa shape index (κ3) is 2.15. The summed E-state index contributed by atoms with van der Waals surface area (Å²) in [7, 11) is 0. The SMILES string of the molecule is NC(CCNC12CC3CC(CC(C3)C1)C2)=NO. The molecule has 0 aromatic carbocycles. The van der Waals surface area contributed by atoms with Crippen molar-refractivity contribution in [1.29, 1.82) is 0 Å². The van der Waals surface area contributed by atoms with Crippen molar-refractivity contribution in [3.63, 3.8) is 0 Å². The third-order valence-electron chi connectivity index (χ3n) is 5.05. The van der Waals surface area contributed by atoms with E-state index in [0.717, 1.165) is 24.3 Å². The summed E-state index contributed by atoms with van der Waals surface area (Å²) in [6.45, 7) is 0.849. The molecule has 17 heavy (non-hydrogen) atoms. The standard InChI is InChI=1S/C13H23N3O/c14-12(16-17)1-2-15-13-6-9-3-10(7-13)5-11(4-9)8-13/h9-11,15,17H,1-8H2,(H2,14,16). The second kappa shape index (κ2) is 4.16. The second-order valence-corrected chi connectivity index (χ2v) is 6.47. The molecule has 0 aliphatic heterocycles. The zero-order chi connectivity index (χ0) is 11.9. The van der Waals surface area contributed by atoms with Gasteiger partial charge in [0.25, 0.3) is 0 Å². The van der Waals surface area contributed by atoms with Gasteiger partial charge in [0.1, 0.15) is 5.84 Å². The summed E-state index contributed by atoms with van der Waals surface area (Å²) in [5.74, 6) is 3.25. The van der Waals surface area contributed by atoms with Gasteiger partial charge in [-0.1, -0.05) is 5.16 Å². The first kappa shape index (κ1) is 11.3. The van der Waals surface area contributed by atoms with E-state index in [9.17, 15) is 0 Å². The summed E-state index contributed by atoms with van der Waals surface area (Å²) in [6, 6.07) is 0. The van der Waals surface area contributed by atoms with Crippen LogP contribution in [-0.4, -0.2) is 23.1 Å². The van der Waals surface area contributed by atoms with Gasteiger partial charge in [0.15, 0.2) is 0 Å². The van der Waals surface area contributed by atoms with E-state index in [1.165, 1.54) is 38.5 Å². The minimum absolute atomic E-state index is 0.335. The maximum absolute atomic E-state index is 8.53. The molecule has 4 heteroatoms. The molecule has 0 atom stereocenters. The molecule has 0 aromatic rings. The molecule has 4 bridgehead atoms. The number of oxime groups is 1. The first-order valence-corrected chi connectivity index (χ1v) is 6.90. The summed E-state index contributed by atoms with van der Waals surface area (Å²) in [5.41, 5.74) is 5.90. The number of hydrogen-bond donors (Lipinski definition) is 3. The quantitative estimate of drug-likeness (QED) is 0.301. The van der Waals surface area contributed by atoms with Crippen molar-refractivity contribution >= 4 is 5.84 Å². The molecule has 0 amide bonds. The van der Waals surface area contributed by atoms with Crippen molar-refractivity contribution in [2.45, 2.75) is 50.5 Å². The molecule has 4 fully saturated rings. The lowest BCUT2D eigenvalue weighted by molar-refractivity contribution is -0.0190. The third-order valence-corrected chi connectivity index (χ3v) is 5.05. The molecule has 4 N–H and O–H groups in total. The lowest BCUT2D eigenvalue weighted by Crippen LogP contribution is -2.58. The fourth-order valence-corrected chi connectivity index (χ4v) is 4.83. The Hall–Kier alpha value is -0.770. The zero-order valence-electron chi connectivity index (χ0n) is 10.4. The Labute approximate surface area is 103 Å². The van der Waals surface area contributed by atoms with Gasteiger partial charge in [-0.25, -0.2) is 0 Å². The Kier molecular flexibility index (Phi) is 2.77. The molecule has 0 heterocycles. The Balaban J connectivity index is 1.59. The molecule has 4 aliphatic carbocycles. The van der Waals surface area contributed by atoms with E-state index in [4.69, 9.17) is 10.9 Å². The minimum Gasteiger partial charge on any atom is -0.409 e. The largest absolute Gasteiger partial charge is 0.409 e. The fourth-order valence-electron chi connectivity index (χ4n) is 4.83. The Bertz CT molecular complexity index is 291. The molecule has 4 rings (SSSR count). The lowest BCUT2D eigenvalue weighted by Gasteiger charge is -2.57. The average molecular weight is 237 g/mol. The summed E-state index contributed by atoms with van der Waals surface area (Å²) in [6.07, 6.45) is 9.14. The van der Waals surface area contributed by atoms with Crippen LogP contribution in [0.2, 0.25) is 0 Å². The van der Waals surface area contributed by atoms with E-state index in [0.29, 0.717) is 17.8 Å². The van der Waals surface area contributed by atoms with Crippen molar-refractivity contribution in [2.75, 3.05) is 6.54 Å². The highest BCUT2D eigenvalue weighted by Gasteiger charge is 2.50. The Morgan fingerprint density at radius 2 is 1.71 bits per heavy atom. The smallest absolute Gasteiger partial charge is 0.140 e. The van der Waals surface area contributed by atoms with Crippen LogP contribution in [0.1, 0.15) is 44.9 Å².